The van der Waals surface area contributed by atoms with E-state index in [0.29, 0.717) is 16.9 Å². The van der Waals surface area contributed by atoms with Crippen LogP contribution in [0.5, 0.6) is 11.5 Å². The van der Waals surface area contributed by atoms with Gasteiger partial charge >= 0.3 is 18.3 Å². The molecule has 1 aromatic heterocycles. The van der Waals surface area contributed by atoms with E-state index < -0.39 is 46.2 Å². The lowest BCUT2D eigenvalue weighted by atomic mass is 10.1. The summed E-state index contributed by atoms with van der Waals surface area (Å²) in [6, 6.07) is 3.92. The van der Waals surface area contributed by atoms with Crippen LogP contribution in [0.4, 0.5) is 26.3 Å². The lowest BCUT2D eigenvalue weighted by Crippen LogP contribution is -2.20. The van der Waals surface area contributed by atoms with Gasteiger partial charge in [-0.15, -0.1) is 0 Å². The average molecular weight is 461 g/mol. The Morgan fingerprint density at radius 1 is 0.969 bits per heavy atom. The minimum Gasteiger partial charge on any atom is -0.462 e. The maximum atomic E-state index is 13.0. The van der Waals surface area contributed by atoms with Crippen molar-refractivity contribution in [2.24, 2.45) is 0 Å². The Labute approximate surface area is 175 Å². The number of ether oxygens (including phenoxy) is 2. The number of benzene rings is 2. The summed E-state index contributed by atoms with van der Waals surface area (Å²) in [4.78, 5) is 24.5. The van der Waals surface area contributed by atoms with E-state index in [0.717, 1.165) is 24.4 Å². The van der Waals surface area contributed by atoms with E-state index >= 15 is 0 Å². The van der Waals surface area contributed by atoms with Gasteiger partial charge in [0.2, 0.25) is 5.43 Å². The summed E-state index contributed by atoms with van der Waals surface area (Å²) in [7, 11) is 0. The third-order valence-corrected chi connectivity index (χ3v) is 4.25. The van der Waals surface area contributed by atoms with Crippen LogP contribution < -0.4 is 10.2 Å². The molecule has 0 radical (unpaired) electrons. The molecule has 0 saturated heterocycles. The number of esters is 1. The van der Waals surface area contributed by atoms with Gasteiger partial charge in [-0.3, -0.25) is 4.79 Å². The Balaban J connectivity index is 2.11. The summed E-state index contributed by atoms with van der Waals surface area (Å²) in [5.41, 5.74) is -4.65. The molecule has 170 valence electrons. The molecular weight excluding hydrogens is 448 g/mol. The molecule has 0 unspecified atom stereocenters. The van der Waals surface area contributed by atoms with Gasteiger partial charge in [0.1, 0.15) is 17.1 Å². The Hall–Kier alpha value is -3.70. The molecule has 0 fully saturated rings. The van der Waals surface area contributed by atoms with Crippen molar-refractivity contribution in [2.75, 3.05) is 6.61 Å². The number of fused-ring (bicyclic) bond motifs is 1. The second kappa shape index (κ2) is 8.09. The molecule has 0 aliphatic heterocycles. The molecule has 0 amide bonds. The van der Waals surface area contributed by atoms with Crippen molar-refractivity contribution in [3.05, 3.63) is 69.5 Å². The summed E-state index contributed by atoms with van der Waals surface area (Å²) < 4.78 is 88.5. The van der Waals surface area contributed by atoms with Gasteiger partial charge in [-0.1, -0.05) is 0 Å². The van der Waals surface area contributed by atoms with Crippen molar-refractivity contribution < 1.29 is 45.8 Å². The van der Waals surface area contributed by atoms with E-state index in [1.165, 1.54) is 6.92 Å². The van der Waals surface area contributed by atoms with Gasteiger partial charge in [-0.05, 0) is 43.3 Å². The number of pyridine rings is 1. The first kappa shape index (κ1) is 23.0. The first-order valence-electron chi connectivity index (χ1n) is 8.84. The summed E-state index contributed by atoms with van der Waals surface area (Å²) in [5, 5.41) is 9.73. The van der Waals surface area contributed by atoms with Crippen LogP contribution in [-0.2, 0) is 17.1 Å². The zero-order chi connectivity index (χ0) is 23.8. The van der Waals surface area contributed by atoms with Crippen molar-refractivity contribution >= 4 is 16.9 Å². The van der Waals surface area contributed by atoms with E-state index in [2.05, 4.69) is 0 Å². The molecule has 2 aromatic carbocycles. The molecule has 0 atom stereocenters. The minimum absolute atomic E-state index is 0.0523. The van der Waals surface area contributed by atoms with Gasteiger partial charge < -0.3 is 14.7 Å². The summed E-state index contributed by atoms with van der Waals surface area (Å²) >= 11 is 0. The minimum atomic E-state index is -5.07. The van der Waals surface area contributed by atoms with E-state index in [1.54, 1.807) is 0 Å². The molecule has 3 aromatic rings. The van der Waals surface area contributed by atoms with Crippen LogP contribution in [-0.4, -0.2) is 22.5 Å². The number of carbonyl (C=O) groups excluding carboxylic acids is 1. The lowest BCUT2D eigenvalue weighted by Gasteiger charge is -2.15. The van der Waals surface area contributed by atoms with Crippen molar-refractivity contribution in [3.8, 4) is 11.5 Å². The zero-order valence-electron chi connectivity index (χ0n) is 16.0. The third kappa shape index (κ3) is 4.63. The van der Waals surface area contributed by atoms with E-state index in [4.69, 9.17) is 9.47 Å². The van der Waals surface area contributed by atoms with Crippen LogP contribution in [0.15, 0.2) is 47.4 Å². The molecular formula is C20H13F6NO5. The van der Waals surface area contributed by atoms with Crippen molar-refractivity contribution in [3.63, 3.8) is 0 Å². The molecule has 32 heavy (non-hydrogen) atoms. The van der Waals surface area contributed by atoms with Gasteiger partial charge in [0, 0.05) is 0 Å². The average Bonchev–Trinajstić information content (AvgIpc) is 2.69. The van der Waals surface area contributed by atoms with Crippen LogP contribution >= 0.6 is 0 Å². The third-order valence-electron chi connectivity index (χ3n) is 4.25. The summed E-state index contributed by atoms with van der Waals surface area (Å²) in [5.74, 6) is -2.11. The lowest BCUT2D eigenvalue weighted by molar-refractivity contribution is -0.143. The highest BCUT2D eigenvalue weighted by molar-refractivity contribution is 5.94. The monoisotopic (exact) mass is 461 g/mol. The van der Waals surface area contributed by atoms with Crippen molar-refractivity contribution in [1.82, 2.24) is 4.73 Å². The van der Waals surface area contributed by atoms with Crippen LogP contribution in [0.3, 0.4) is 0 Å². The number of nitrogens with zero attached hydrogens (tertiary/aromatic N) is 1. The Bertz CT molecular complexity index is 1210. The maximum Gasteiger partial charge on any atom is 0.416 e. The van der Waals surface area contributed by atoms with Crippen LogP contribution in [0, 0.1) is 0 Å². The molecule has 0 spiro atoms. The van der Waals surface area contributed by atoms with E-state index in [1.807, 2.05) is 0 Å². The molecule has 6 nitrogen and oxygen atoms in total. The molecule has 0 bridgehead atoms. The second-order valence-corrected chi connectivity index (χ2v) is 6.46. The highest BCUT2D eigenvalue weighted by Crippen LogP contribution is 2.39. The molecule has 0 aliphatic carbocycles. The number of aromatic nitrogens is 1. The van der Waals surface area contributed by atoms with Crippen LogP contribution in [0.2, 0.25) is 0 Å². The predicted octanol–water partition coefficient (Wildman–Crippen LogP) is 5.25. The normalized spacial score (nSPS) is 12.1. The number of hydrogen-bond acceptors (Lipinski definition) is 5. The molecule has 0 saturated carbocycles. The number of rotatable bonds is 4. The molecule has 12 heteroatoms. The Morgan fingerprint density at radius 2 is 1.56 bits per heavy atom. The highest BCUT2D eigenvalue weighted by atomic mass is 19.4. The van der Waals surface area contributed by atoms with Gasteiger partial charge in [0.05, 0.1) is 34.8 Å². The van der Waals surface area contributed by atoms with Crippen molar-refractivity contribution in [1.29, 1.82) is 0 Å². The predicted molar refractivity (Wildman–Crippen MR) is 97.9 cm³/mol. The second-order valence-electron chi connectivity index (χ2n) is 6.46. The standard InChI is InChI=1S/C20H13F6NO5/c1-2-31-18(29)15-9-27(30)16-4-3-12(8-14(16)17(15)28)32-13-6-10(19(21,22)23)5-11(7-13)20(24,25)26/h3-9,30H,2H2,1H3. The molecule has 1 N–H and O–H groups in total. The summed E-state index contributed by atoms with van der Waals surface area (Å²) in [6.45, 7) is 1.44. The smallest absolute Gasteiger partial charge is 0.416 e. The van der Waals surface area contributed by atoms with Crippen LogP contribution in [0.1, 0.15) is 28.4 Å². The quantitative estimate of drug-likeness (QED) is 0.327. The Morgan fingerprint density at radius 3 is 2.09 bits per heavy atom. The fourth-order valence-corrected chi connectivity index (χ4v) is 2.83. The van der Waals surface area contributed by atoms with E-state index in [-0.39, 0.29) is 29.3 Å². The number of halogens is 6. The van der Waals surface area contributed by atoms with Gasteiger partial charge in [0.25, 0.3) is 0 Å². The topological polar surface area (TPSA) is 77.8 Å². The number of alkyl halides is 6. The van der Waals surface area contributed by atoms with Gasteiger partial charge in [-0.25, -0.2) is 4.79 Å². The van der Waals surface area contributed by atoms with E-state index in [9.17, 15) is 41.1 Å². The first-order valence-corrected chi connectivity index (χ1v) is 8.84. The zero-order valence-corrected chi connectivity index (χ0v) is 16.0. The fourth-order valence-electron chi connectivity index (χ4n) is 2.83. The first-order chi connectivity index (χ1) is 14.8. The van der Waals surface area contributed by atoms with Gasteiger partial charge in [-0.2, -0.15) is 31.1 Å². The maximum absolute atomic E-state index is 13.0. The SMILES string of the molecule is CCOC(=O)c1cn(O)c2ccc(Oc3cc(C(F)(F)F)cc(C(F)(F)F)c3)cc2c1=O. The fraction of sp³-hybridized carbons (Fsp3) is 0.200. The molecule has 3 rings (SSSR count). The van der Waals surface area contributed by atoms with Crippen molar-refractivity contribution in [2.45, 2.75) is 19.3 Å². The number of hydrogen-bond donors (Lipinski definition) is 1. The van der Waals surface area contributed by atoms with Crippen LogP contribution in [0.25, 0.3) is 10.9 Å². The largest absolute Gasteiger partial charge is 0.462 e. The van der Waals surface area contributed by atoms with Gasteiger partial charge in [0.15, 0.2) is 0 Å². The molecule has 0 aliphatic rings. The number of carbonyl (C=O) groups is 1. The highest BCUT2D eigenvalue weighted by Gasteiger charge is 2.37. The molecule has 1 heterocycles. The Kier molecular flexibility index (Phi) is 5.81. The summed E-state index contributed by atoms with van der Waals surface area (Å²) in [6.07, 6.45) is -9.31.